The van der Waals surface area contributed by atoms with Crippen molar-refractivity contribution in [3.8, 4) is 0 Å². The molecule has 0 saturated carbocycles. The van der Waals surface area contributed by atoms with Crippen molar-refractivity contribution in [3.63, 3.8) is 0 Å². The summed E-state index contributed by atoms with van der Waals surface area (Å²) in [5.41, 5.74) is 3.28. The maximum atomic E-state index is 12.3. The van der Waals surface area contributed by atoms with Crippen molar-refractivity contribution in [3.05, 3.63) is 76.0 Å². The number of halogens is 1. The summed E-state index contributed by atoms with van der Waals surface area (Å²) < 4.78 is 10.4. The van der Waals surface area contributed by atoms with Crippen LogP contribution in [-0.4, -0.2) is 18.2 Å². The fraction of sp³-hybridized carbons (Fsp3) is 0.158. The fourth-order valence-electron chi connectivity index (χ4n) is 2.33. The molecule has 5 nitrogen and oxygen atoms in total. The standard InChI is InChI=1S/C19H16ClNO4/c1-11-7-9-13(10-8-11)17(22)24-19-16(15(20)18(23)25-19)21-14-6-4-3-5-12(14)2/h3-10,19,21H,1-2H3. The molecule has 3 rings (SSSR count). The number of hydrogen-bond donors (Lipinski definition) is 1. The molecule has 0 saturated heterocycles. The molecule has 6 heteroatoms. The van der Waals surface area contributed by atoms with Crippen LogP contribution in [0, 0.1) is 13.8 Å². The average molecular weight is 358 g/mol. The molecule has 1 aliphatic rings. The van der Waals surface area contributed by atoms with E-state index < -0.39 is 18.2 Å². The van der Waals surface area contributed by atoms with Crippen molar-refractivity contribution in [2.45, 2.75) is 20.1 Å². The minimum atomic E-state index is -1.21. The SMILES string of the molecule is Cc1ccc(C(=O)OC2OC(=O)C(Cl)=C2Nc2ccccc2C)cc1. The van der Waals surface area contributed by atoms with Crippen molar-refractivity contribution in [1.82, 2.24) is 0 Å². The molecule has 0 aliphatic carbocycles. The minimum Gasteiger partial charge on any atom is -0.415 e. The number of para-hydroxylation sites is 1. The molecule has 0 bridgehead atoms. The number of hydrogen-bond acceptors (Lipinski definition) is 5. The van der Waals surface area contributed by atoms with E-state index in [2.05, 4.69) is 5.32 Å². The monoisotopic (exact) mass is 357 g/mol. The van der Waals surface area contributed by atoms with Gasteiger partial charge in [0.1, 0.15) is 5.70 Å². The normalized spacial score (nSPS) is 16.6. The van der Waals surface area contributed by atoms with Gasteiger partial charge in [-0.15, -0.1) is 0 Å². The molecule has 0 aromatic heterocycles. The number of cyclic esters (lactones) is 1. The Labute approximate surface area is 150 Å². The summed E-state index contributed by atoms with van der Waals surface area (Å²) >= 11 is 6.03. The summed E-state index contributed by atoms with van der Waals surface area (Å²) in [6.45, 7) is 3.82. The Kier molecular flexibility index (Phi) is 4.76. The Morgan fingerprint density at radius 3 is 2.48 bits per heavy atom. The number of nitrogens with one attached hydrogen (secondary N) is 1. The average Bonchev–Trinajstić information content (AvgIpc) is 2.85. The molecule has 2 aromatic rings. The maximum Gasteiger partial charge on any atom is 0.355 e. The van der Waals surface area contributed by atoms with Gasteiger partial charge in [-0.25, -0.2) is 9.59 Å². The Balaban J connectivity index is 1.80. The van der Waals surface area contributed by atoms with Crippen LogP contribution in [0.15, 0.2) is 59.3 Å². The highest BCUT2D eigenvalue weighted by atomic mass is 35.5. The Morgan fingerprint density at radius 2 is 1.80 bits per heavy atom. The Morgan fingerprint density at radius 1 is 1.12 bits per heavy atom. The quantitative estimate of drug-likeness (QED) is 0.840. The van der Waals surface area contributed by atoms with Crippen LogP contribution >= 0.6 is 11.6 Å². The van der Waals surface area contributed by atoms with Crippen LogP contribution in [0.4, 0.5) is 5.69 Å². The first kappa shape index (κ1) is 17.0. The first-order valence-electron chi connectivity index (χ1n) is 7.66. The van der Waals surface area contributed by atoms with Gasteiger partial charge in [-0.05, 0) is 37.6 Å². The number of rotatable bonds is 4. The molecule has 1 aliphatic heterocycles. The Hall–Kier alpha value is -2.79. The van der Waals surface area contributed by atoms with Crippen molar-refractivity contribution < 1.29 is 19.1 Å². The van der Waals surface area contributed by atoms with E-state index in [-0.39, 0.29) is 10.7 Å². The van der Waals surface area contributed by atoms with Gasteiger partial charge in [0.25, 0.3) is 6.29 Å². The van der Waals surface area contributed by atoms with Gasteiger partial charge >= 0.3 is 11.9 Å². The molecule has 2 aromatic carbocycles. The lowest BCUT2D eigenvalue weighted by Gasteiger charge is -2.17. The predicted molar refractivity (Wildman–Crippen MR) is 94.2 cm³/mol. The van der Waals surface area contributed by atoms with Gasteiger partial charge in [0.15, 0.2) is 5.03 Å². The van der Waals surface area contributed by atoms with Gasteiger partial charge < -0.3 is 14.8 Å². The number of esters is 2. The lowest BCUT2D eigenvalue weighted by atomic mass is 10.1. The zero-order valence-corrected chi connectivity index (χ0v) is 14.5. The van der Waals surface area contributed by atoms with Crippen LogP contribution < -0.4 is 5.32 Å². The molecule has 0 amide bonds. The highest BCUT2D eigenvalue weighted by Gasteiger charge is 2.36. The van der Waals surface area contributed by atoms with Crippen LogP contribution in [0.25, 0.3) is 0 Å². The van der Waals surface area contributed by atoms with E-state index in [0.29, 0.717) is 5.56 Å². The van der Waals surface area contributed by atoms with Gasteiger partial charge in [-0.1, -0.05) is 47.5 Å². The van der Waals surface area contributed by atoms with E-state index in [9.17, 15) is 9.59 Å². The predicted octanol–water partition coefficient (Wildman–Crippen LogP) is 3.91. The van der Waals surface area contributed by atoms with Crippen LogP contribution in [0.2, 0.25) is 0 Å². The van der Waals surface area contributed by atoms with Crippen LogP contribution in [0.5, 0.6) is 0 Å². The number of benzene rings is 2. The highest BCUT2D eigenvalue weighted by molar-refractivity contribution is 6.42. The third kappa shape index (κ3) is 3.67. The molecule has 0 spiro atoms. The van der Waals surface area contributed by atoms with Crippen molar-refractivity contribution in [2.24, 2.45) is 0 Å². The van der Waals surface area contributed by atoms with Gasteiger partial charge in [0, 0.05) is 5.69 Å². The zero-order chi connectivity index (χ0) is 18.0. The smallest absolute Gasteiger partial charge is 0.355 e. The van der Waals surface area contributed by atoms with Gasteiger partial charge in [0.05, 0.1) is 5.56 Å². The molecular weight excluding hydrogens is 342 g/mol. The number of carbonyl (C=O) groups is 2. The summed E-state index contributed by atoms with van der Waals surface area (Å²) in [4.78, 5) is 24.1. The van der Waals surface area contributed by atoms with E-state index in [0.717, 1.165) is 16.8 Å². The molecule has 1 unspecified atom stereocenters. The van der Waals surface area contributed by atoms with E-state index in [1.165, 1.54) is 0 Å². The second kappa shape index (κ2) is 6.99. The third-order valence-electron chi connectivity index (χ3n) is 3.78. The van der Waals surface area contributed by atoms with Gasteiger partial charge in [0.2, 0.25) is 0 Å². The fourth-order valence-corrected chi connectivity index (χ4v) is 2.51. The highest BCUT2D eigenvalue weighted by Crippen LogP contribution is 2.29. The molecule has 0 radical (unpaired) electrons. The second-order valence-electron chi connectivity index (χ2n) is 5.68. The van der Waals surface area contributed by atoms with Crippen LogP contribution in [0.1, 0.15) is 21.5 Å². The molecule has 25 heavy (non-hydrogen) atoms. The first-order chi connectivity index (χ1) is 12.0. The van der Waals surface area contributed by atoms with E-state index in [1.54, 1.807) is 24.3 Å². The number of aryl methyl sites for hydroxylation is 2. The van der Waals surface area contributed by atoms with Crippen molar-refractivity contribution in [1.29, 1.82) is 0 Å². The van der Waals surface area contributed by atoms with Crippen LogP contribution in [-0.2, 0) is 14.3 Å². The minimum absolute atomic E-state index is 0.134. The lowest BCUT2D eigenvalue weighted by molar-refractivity contribution is -0.152. The topological polar surface area (TPSA) is 64.6 Å². The molecule has 128 valence electrons. The van der Waals surface area contributed by atoms with Crippen molar-refractivity contribution >= 4 is 29.2 Å². The Bertz CT molecular complexity index is 858. The summed E-state index contributed by atoms with van der Waals surface area (Å²) in [7, 11) is 0. The molecule has 1 atom stereocenters. The third-order valence-corrected chi connectivity index (χ3v) is 4.14. The van der Waals surface area contributed by atoms with E-state index in [1.807, 2.05) is 38.1 Å². The second-order valence-corrected chi connectivity index (χ2v) is 6.05. The summed E-state index contributed by atoms with van der Waals surface area (Å²) in [5, 5.41) is 2.90. The first-order valence-corrected chi connectivity index (χ1v) is 8.04. The summed E-state index contributed by atoms with van der Waals surface area (Å²) in [5.74, 6) is -1.34. The van der Waals surface area contributed by atoms with Crippen LogP contribution in [0.3, 0.4) is 0 Å². The maximum absolute atomic E-state index is 12.3. The molecular formula is C19H16ClNO4. The summed E-state index contributed by atoms with van der Waals surface area (Å²) in [6, 6.07) is 14.4. The number of anilines is 1. The largest absolute Gasteiger partial charge is 0.415 e. The summed E-state index contributed by atoms with van der Waals surface area (Å²) in [6.07, 6.45) is -1.21. The number of carbonyl (C=O) groups excluding carboxylic acids is 2. The van der Waals surface area contributed by atoms with E-state index in [4.69, 9.17) is 21.1 Å². The molecule has 1 heterocycles. The van der Waals surface area contributed by atoms with E-state index >= 15 is 0 Å². The number of ether oxygens (including phenoxy) is 2. The van der Waals surface area contributed by atoms with Gasteiger partial charge in [-0.3, -0.25) is 0 Å². The van der Waals surface area contributed by atoms with Gasteiger partial charge in [-0.2, -0.15) is 0 Å². The van der Waals surface area contributed by atoms with Crippen molar-refractivity contribution in [2.75, 3.05) is 5.32 Å². The molecule has 1 N–H and O–H groups in total. The zero-order valence-electron chi connectivity index (χ0n) is 13.7. The molecule has 0 fully saturated rings. The lowest BCUT2D eigenvalue weighted by Crippen LogP contribution is -2.24.